The van der Waals surface area contributed by atoms with Gasteiger partial charge in [-0.2, -0.15) is 0 Å². The van der Waals surface area contributed by atoms with Crippen molar-refractivity contribution in [2.24, 2.45) is 18.9 Å². The van der Waals surface area contributed by atoms with Crippen LogP contribution >= 0.6 is 0 Å². The summed E-state index contributed by atoms with van der Waals surface area (Å²) in [4.78, 5) is 26.7. The minimum atomic E-state index is -1.00. The molecule has 1 aromatic heterocycles. The number of benzene rings is 1. The highest BCUT2D eigenvalue weighted by Crippen LogP contribution is 2.26. The van der Waals surface area contributed by atoms with Crippen LogP contribution in [0.15, 0.2) is 24.3 Å². The summed E-state index contributed by atoms with van der Waals surface area (Å²) in [6.07, 6.45) is 2.29. The molecule has 0 radical (unpaired) electrons. The lowest BCUT2D eigenvalue weighted by molar-refractivity contribution is -0.120. The minimum Gasteiger partial charge on any atom is -0.477 e. The first kappa shape index (κ1) is 20.4. The molecule has 3 rings (SSSR count). The molecule has 1 fully saturated rings. The van der Waals surface area contributed by atoms with Crippen molar-refractivity contribution in [3.8, 4) is 0 Å². The van der Waals surface area contributed by atoms with Crippen LogP contribution < -0.4 is 5.32 Å². The largest absolute Gasteiger partial charge is 0.477 e. The second-order valence-corrected chi connectivity index (χ2v) is 8.29. The zero-order chi connectivity index (χ0) is 20.3. The Morgan fingerprint density at radius 1 is 1.18 bits per heavy atom. The van der Waals surface area contributed by atoms with Crippen LogP contribution in [0.4, 0.5) is 0 Å². The number of para-hydroxylation sites is 1. The summed E-state index contributed by atoms with van der Waals surface area (Å²) in [5.41, 5.74) is 1.60. The van der Waals surface area contributed by atoms with Gasteiger partial charge in [-0.25, -0.2) is 4.79 Å². The lowest BCUT2D eigenvalue weighted by atomic mass is 9.92. The molecule has 1 saturated heterocycles. The van der Waals surface area contributed by atoms with Crippen LogP contribution in [0.3, 0.4) is 0 Å². The number of hydrogen-bond acceptors (Lipinski definition) is 3. The van der Waals surface area contributed by atoms with Gasteiger partial charge in [0.05, 0.1) is 6.42 Å². The number of carboxylic acid groups (broad SMARTS) is 1. The Labute approximate surface area is 166 Å². The molecule has 2 heterocycles. The van der Waals surface area contributed by atoms with Crippen LogP contribution in [0.25, 0.3) is 10.9 Å². The zero-order valence-corrected chi connectivity index (χ0v) is 17.1. The zero-order valence-electron chi connectivity index (χ0n) is 17.1. The van der Waals surface area contributed by atoms with Crippen molar-refractivity contribution in [1.82, 2.24) is 14.8 Å². The number of carboxylic acids is 1. The molecule has 0 aliphatic carbocycles. The molecule has 1 aliphatic rings. The Kier molecular flexibility index (Phi) is 6.39. The van der Waals surface area contributed by atoms with Gasteiger partial charge in [-0.1, -0.05) is 32.0 Å². The summed E-state index contributed by atoms with van der Waals surface area (Å²) in [5, 5.41) is 13.4. The Bertz CT molecular complexity index is 848. The summed E-state index contributed by atoms with van der Waals surface area (Å²) in [7, 11) is 1.73. The third-order valence-corrected chi connectivity index (χ3v) is 5.67. The van der Waals surface area contributed by atoms with Crippen LogP contribution in [0, 0.1) is 11.8 Å². The second kappa shape index (κ2) is 8.78. The molecule has 0 saturated carbocycles. The van der Waals surface area contributed by atoms with Crippen molar-refractivity contribution in [1.29, 1.82) is 0 Å². The van der Waals surface area contributed by atoms with Gasteiger partial charge in [-0.3, -0.25) is 4.79 Å². The summed E-state index contributed by atoms with van der Waals surface area (Å²) in [6.45, 7) is 8.48. The van der Waals surface area contributed by atoms with E-state index in [-0.39, 0.29) is 18.0 Å². The fourth-order valence-electron chi connectivity index (χ4n) is 4.65. The Morgan fingerprint density at radius 2 is 1.86 bits per heavy atom. The molecular weight excluding hydrogens is 354 g/mol. The Balaban J connectivity index is 1.57. The van der Waals surface area contributed by atoms with Gasteiger partial charge in [0, 0.05) is 43.1 Å². The van der Waals surface area contributed by atoms with E-state index in [1.165, 1.54) is 6.42 Å². The number of nitrogens with zero attached hydrogens (tertiary/aromatic N) is 2. The van der Waals surface area contributed by atoms with Gasteiger partial charge in [-0.05, 0) is 37.3 Å². The number of nitrogens with one attached hydrogen (secondary N) is 1. The number of amides is 1. The van der Waals surface area contributed by atoms with Crippen molar-refractivity contribution >= 4 is 22.8 Å². The van der Waals surface area contributed by atoms with E-state index in [0.717, 1.165) is 48.8 Å². The van der Waals surface area contributed by atoms with E-state index < -0.39 is 5.97 Å². The number of aromatic carboxylic acids is 1. The van der Waals surface area contributed by atoms with E-state index in [4.69, 9.17) is 0 Å². The minimum absolute atomic E-state index is 0.0841. The molecule has 1 aromatic carbocycles. The predicted molar refractivity (Wildman–Crippen MR) is 111 cm³/mol. The van der Waals surface area contributed by atoms with Gasteiger partial charge in [0.1, 0.15) is 5.69 Å². The number of aromatic nitrogens is 1. The van der Waals surface area contributed by atoms with Crippen molar-refractivity contribution in [2.45, 2.75) is 33.1 Å². The molecular formula is C22H31N3O3. The smallest absolute Gasteiger partial charge is 0.352 e. The molecule has 28 heavy (non-hydrogen) atoms. The first-order valence-corrected chi connectivity index (χ1v) is 10.2. The molecule has 6 heteroatoms. The fourth-order valence-corrected chi connectivity index (χ4v) is 4.65. The summed E-state index contributed by atoms with van der Waals surface area (Å²) >= 11 is 0. The average Bonchev–Trinajstić information content (AvgIpc) is 2.90. The maximum Gasteiger partial charge on any atom is 0.352 e. The summed E-state index contributed by atoms with van der Waals surface area (Å²) < 4.78 is 1.65. The van der Waals surface area contributed by atoms with E-state index in [9.17, 15) is 14.7 Å². The molecule has 0 spiro atoms. The van der Waals surface area contributed by atoms with Crippen LogP contribution in [-0.4, -0.2) is 52.6 Å². The van der Waals surface area contributed by atoms with Crippen LogP contribution in [0.1, 0.15) is 42.7 Å². The monoisotopic (exact) mass is 385 g/mol. The number of likely N-dealkylation sites (tertiary alicyclic amines) is 1. The first-order valence-electron chi connectivity index (χ1n) is 10.2. The quantitative estimate of drug-likeness (QED) is 0.719. The van der Waals surface area contributed by atoms with Crippen molar-refractivity contribution < 1.29 is 14.7 Å². The number of rotatable bonds is 7. The predicted octanol–water partition coefficient (Wildman–Crippen LogP) is 2.90. The van der Waals surface area contributed by atoms with Crippen molar-refractivity contribution in [3.63, 3.8) is 0 Å². The highest BCUT2D eigenvalue weighted by atomic mass is 16.4. The Morgan fingerprint density at radius 3 is 2.54 bits per heavy atom. The number of carbonyl (C=O) groups excluding carboxylic acids is 1. The summed E-state index contributed by atoms with van der Waals surface area (Å²) in [5.74, 6) is 0.340. The normalized spacial score (nSPS) is 20.4. The van der Waals surface area contributed by atoms with Gasteiger partial charge >= 0.3 is 5.97 Å². The van der Waals surface area contributed by atoms with Gasteiger partial charge in [-0.15, -0.1) is 0 Å². The molecule has 152 valence electrons. The fraction of sp³-hybridized carbons (Fsp3) is 0.545. The topological polar surface area (TPSA) is 74.6 Å². The van der Waals surface area contributed by atoms with E-state index >= 15 is 0 Å². The molecule has 2 atom stereocenters. The van der Waals surface area contributed by atoms with Crippen LogP contribution in [0.2, 0.25) is 0 Å². The molecule has 0 unspecified atom stereocenters. The molecule has 2 N–H and O–H groups in total. The number of aryl methyl sites for hydroxylation is 1. The number of fused-ring (bicyclic) bond motifs is 1. The number of carbonyl (C=O) groups is 2. The summed E-state index contributed by atoms with van der Waals surface area (Å²) in [6, 6.07) is 7.50. The highest BCUT2D eigenvalue weighted by molar-refractivity contribution is 6.00. The third-order valence-electron chi connectivity index (χ3n) is 5.67. The molecule has 1 aliphatic heterocycles. The first-order chi connectivity index (χ1) is 13.4. The van der Waals surface area contributed by atoms with Crippen LogP contribution in [0.5, 0.6) is 0 Å². The molecule has 0 bridgehead atoms. The lowest BCUT2D eigenvalue weighted by Gasteiger charge is -2.34. The molecule has 2 aromatic rings. The van der Waals surface area contributed by atoms with E-state index in [0.29, 0.717) is 12.1 Å². The van der Waals surface area contributed by atoms with Gasteiger partial charge < -0.3 is 19.9 Å². The number of piperidine rings is 1. The highest BCUT2D eigenvalue weighted by Gasteiger charge is 2.23. The number of hydrogen-bond donors (Lipinski definition) is 2. The lowest BCUT2D eigenvalue weighted by Crippen LogP contribution is -2.40. The van der Waals surface area contributed by atoms with E-state index in [2.05, 4.69) is 24.1 Å². The SMILES string of the molecule is C[C@@H]1C[C@@H](C)CN(CCCNC(=O)Cc2c(C(=O)O)n(C)c3ccccc23)C1. The maximum absolute atomic E-state index is 12.5. The average molecular weight is 386 g/mol. The second-order valence-electron chi connectivity index (χ2n) is 8.29. The van der Waals surface area contributed by atoms with E-state index in [1.54, 1.807) is 11.6 Å². The Hall–Kier alpha value is -2.34. The van der Waals surface area contributed by atoms with Crippen LogP contribution in [-0.2, 0) is 18.3 Å². The molecule has 1 amide bonds. The van der Waals surface area contributed by atoms with E-state index in [1.807, 2.05) is 24.3 Å². The molecule has 6 nitrogen and oxygen atoms in total. The van der Waals surface area contributed by atoms with Gasteiger partial charge in [0.25, 0.3) is 0 Å². The standard InChI is InChI=1S/C22H31N3O3/c1-15-11-16(2)14-25(13-15)10-6-9-23-20(26)12-18-17-7-4-5-8-19(17)24(3)21(18)22(27)28/h4-5,7-8,15-16H,6,9-14H2,1-3H3,(H,23,26)(H,27,28)/t15-,16-/m1/s1. The van der Waals surface area contributed by atoms with Crippen molar-refractivity contribution in [3.05, 3.63) is 35.5 Å². The van der Waals surface area contributed by atoms with Gasteiger partial charge in [0.2, 0.25) is 5.91 Å². The third kappa shape index (κ3) is 4.55. The maximum atomic E-state index is 12.5. The van der Waals surface area contributed by atoms with Crippen molar-refractivity contribution in [2.75, 3.05) is 26.2 Å². The van der Waals surface area contributed by atoms with Gasteiger partial charge in [0.15, 0.2) is 0 Å².